The highest BCUT2D eigenvalue weighted by molar-refractivity contribution is 7.17. The molecule has 1 atom stereocenters. The van der Waals surface area contributed by atoms with Gasteiger partial charge in [0.25, 0.3) is 5.91 Å². The maximum Gasteiger partial charge on any atom is 0.251 e. The number of thiophene rings is 1. The number of rotatable bonds is 8. The number of hydrogen-bond donors (Lipinski definition) is 2. The van der Waals surface area contributed by atoms with Gasteiger partial charge in [0.05, 0.1) is 19.3 Å². The van der Waals surface area contributed by atoms with Gasteiger partial charge < -0.3 is 20.5 Å². The summed E-state index contributed by atoms with van der Waals surface area (Å²) in [6, 6.07) is 7.40. The van der Waals surface area contributed by atoms with E-state index in [9.17, 15) is 9.59 Å². The molecule has 0 saturated heterocycles. The SMILES string of the molecule is COc1ccccc1OCCCC(=O)Nc1sc2c(c1C(N)=O)CCC(C)C2. The van der Waals surface area contributed by atoms with Gasteiger partial charge in [-0.05, 0) is 49.3 Å². The van der Waals surface area contributed by atoms with Crippen LogP contribution in [0, 0.1) is 5.92 Å². The quantitative estimate of drug-likeness (QED) is 0.658. The van der Waals surface area contributed by atoms with Crippen molar-refractivity contribution in [1.82, 2.24) is 0 Å². The first kappa shape index (κ1) is 20.2. The molecule has 2 amide bonds. The molecule has 2 aromatic rings. The number of primary amides is 1. The third-order valence-electron chi connectivity index (χ3n) is 4.89. The van der Waals surface area contributed by atoms with Crippen molar-refractivity contribution in [3.05, 3.63) is 40.3 Å². The van der Waals surface area contributed by atoms with Gasteiger partial charge in [-0.3, -0.25) is 9.59 Å². The number of carbonyl (C=O) groups is 2. The van der Waals surface area contributed by atoms with Crippen LogP contribution >= 0.6 is 11.3 Å². The molecule has 1 aliphatic carbocycles. The van der Waals surface area contributed by atoms with E-state index in [1.165, 1.54) is 16.2 Å². The van der Waals surface area contributed by atoms with Gasteiger partial charge in [0.15, 0.2) is 11.5 Å². The van der Waals surface area contributed by atoms with E-state index in [1.54, 1.807) is 7.11 Å². The fourth-order valence-electron chi connectivity index (χ4n) is 3.44. The van der Waals surface area contributed by atoms with Crippen molar-refractivity contribution in [2.75, 3.05) is 19.0 Å². The summed E-state index contributed by atoms with van der Waals surface area (Å²) in [5.74, 6) is 1.29. The summed E-state index contributed by atoms with van der Waals surface area (Å²) in [5.41, 5.74) is 7.10. The Kier molecular flexibility index (Phi) is 6.57. The normalized spacial score (nSPS) is 15.6. The minimum Gasteiger partial charge on any atom is -0.493 e. The summed E-state index contributed by atoms with van der Waals surface area (Å²) < 4.78 is 10.9. The number of ether oxygens (including phenoxy) is 2. The lowest BCUT2D eigenvalue weighted by molar-refractivity contribution is -0.116. The number of para-hydroxylation sites is 2. The topological polar surface area (TPSA) is 90.7 Å². The second kappa shape index (κ2) is 9.10. The second-order valence-electron chi connectivity index (χ2n) is 7.07. The number of anilines is 1. The molecule has 6 nitrogen and oxygen atoms in total. The van der Waals surface area contributed by atoms with Crippen LogP contribution in [0.3, 0.4) is 0 Å². The Bertz CT molecular complexity index is 862. The standard InChI is InChI=1S/C21H26N2O4S/c1-13-9-10-14-17(12-13)28-21(19(14)20(22)25)23-18(24)8-5-11-27-16-7-4-3-6-15(16)26-2/h3-4,6-7,13H,5,8-12H2,1-2H3,(H2,22,25)(H,23,24). The van der Waals surface area contributed by atoms with E-state index in [-0.39, 0.29) is 5.91 Å². The predicted octanol–water partition coefficient (Wildman–Crippen LogP) is 3.78. The van der Waals surface area contributed by atoms with E-state index in [0.29, 0.717) is 47.4 Å². The first-order valence-electron chi connectivity index (χ1n) is 9.49. The van der Waals surface area contributed by atoms with Crippen LogP contribution in [0.15, 0.2) is 24.3 Å². The van der Waals surface area contributed by atoms with Crippen molar-refractivity contribution in [3.8, 4) is 11.5 Å². The van der Waals surface area contributed by atoms with Crippen molar-refractivity contribution in [2.24, 2.45) is 11.7 Å². The van der Waals surface area contributed by atoms with Crippen LogP contribution in [0.1, 0.15) is 47.0 Å². The first-order valence-corrected chi connectivity index (χ1v) is 10.3. The van der Waals surface area contributed by atoms with E-state index in [4.69, 9.17) is 15.2 Å². The van der Waals surface area contributed by atoms with E-state index < -0.39 is 5.91 Å². The number of fused-ring (bicyclic) bond motifs is 1. The monoisotopic (exact) mass is 402 g/mol. The molecular formula is C21H26N2O4S. The van der Waals surface area contributed by atoms with Crippen LogP contribution in [0.2, 0.25) is 0 Å². The molecule has 3 rings (SSSR count). The average Bonchev–Trinajstić information content (AvgIpc) is 3.02. The van der Waals surface area contributed by atoms with Gasteiger partial charge in [-0.15, -0.1) is 11.3 Å². The lowest BCUT2D eigenvalue weighted by atomic mass is 9.88. The van der Waals surface area contributed by atoms with E-state index >= 15 is 0 Å². The van der Waals surface area contributed by atoms with E-state index in [0.717, 1.165) is 24.8 Å². The predicted molar refractivity (Wildman–Crippen MR) is 110 cm³/mol. The smallest absolute Gasteiger partial charge is 0.251 e. The minimum atomic E-state index is -0.471. The lowest BCUT2D eigenvalue weighted by Gasteiger charge is -2.18. The number of nitrogens with one attached hydrogen (secondary N) is 1. The molecule has 0 spiro atoms. The summed E-state index contributed by atoms with van der Waals surface area (Å²) in [6.45, 7) is 2.60. The maximum atomic E-state index is 12.4. The molecule has 1 unspecified atom stereocenters. The number of carbonyl (C=O) groups excluding carboxylic acids is 2. The number of benzene rings is 1. The fourth-order valence-corrected chi connectivity index (χ4v) is 4.87. The van der Waals surface area contributed by atoms with Gasteiger partial charge in [-0.25, -0.2) is 0 Å². The third-order valence-corrected chi connectivity index (χ3v) is 6.06. The summed E-state index contributed by atoms with van der Waals surface area (Å²) in [6.07, 6.45) is 3.67. The van der Waals surface area contributed by atoms with Crippen LogP contribution in [0.5, 0.6) is 11.5 Å². The van der Waals surface area contributed by atoms with E-state index in [1.807, 2.05) is 24.3 Å². The van der Waals surface area contributed by atoms with Crippen LogP contribution < -0.4 is 20.5 Å². The first-order chi connectivity index (χ1) is 13.5. The largest absolute Gasteiger partial charge is 0.493 e. The molecule has 0 saturated carbocycles. The van der Waals surface area contributed by atoms with Crippen molar-refractivity contribution in [3.63, 3.8) is 0 Å². The van der Waals surface area contributed by atoms with Crippen molar-refractivity contribution in [1.29, 1.82) is 0 Å². The third kappa shape index (κ3) is 4.65. The van der Waals surface area contributed by atoms with Gasteiger partial charge in [-0.1, -0.05) is 19.1 Å². The summed E-state index contributed by atoms with van der Waals surface area (Å²) >= 11 is 1.48. The van der Waals surface area contributed by atoms with Gasteiger partial charge in [0.1, 0.15) is 5.00 Å². The second-order valence-corrected chi connectivity index (χ2v) is 8.18. The fraction of sp³-hybridized carbons (Fsp3) is 0.429. The van der Waals surface area contributed by atoms with Gasteiger partial charge in [-0.2, -0.15) is 0 Å². The number of amides is 2. The summed E-state index contributed by atoms with van der Waals surface area (Å²) in [5, 5.41) is 3.47. The summed E-state index contributed by atoms with van der Waals surface area (Å²) in [7, 11) is 1.59. The van der Waals surface area contributed by atoms with Crippen LogP contribution in [0.25, 0.3) is 0 Å². The molecule has 3 N–H and O–H groups in total. The van der Waals surface area contributed by atoms with Crippen molar-refractivity contribution < 1.29 is 19.1 Å². The Labute approximate surface area is 169 Å². The van der Waals surface area contributed by atoms with E-state index in [2.05, 4.69) is 12.2 Å². The highest BCUT2D eigenvalue weighted by atomic mass is 32.1. The Morgan fingerprint density at radius 3 is 2.75 bits per heavy atom. The molecule has 7 heteroatoms. The van der Waals surface area contributed by atoms with Crippen LogP contribution in [0.4, 0.5) is 5.00 Å². The lowest BCUT2D eigenvalue weighted by Crippen LogP contribution is -2.19. The molecule has 28 heavy (non-hydrogen) atoms. The zero-order chi connectivity index (χ0) is 20.1. The van der Waals surface area contributed by atoms with Gasteiger partial charge in [0, 0.05) is 11.3 Å². The highest BCUT2D eigenvalue weighted by Gasteiger charge is 2.27. The van der Waals surface area contributed by atoms with Crippen LogP contribution in [-0.4, -0.2) is 25.5 Å². The molecule has 0 fully saturated rings. The summed E-state index contributed by atoms with van der Waals surface area (Å²) in [4.78, 5) is 25.5. The Balaban J connectivity index is 1.56. The Morgan fingerprint density at radius 1 is 1.29 bits per heavy atom. The van der Waals surface area contributed by atoms with Crippen molar-refractivity contribution in [2.45, 2.75) is 39.0 Å². The molecule has 1 aromatic heterocycles. The minimum absolute atomic E-state index is 0.141. The number of hydrogen-bond acceptors (Lipinski definition) is 5. The molecule has 0 bridgehead atoms. The molecule has 1 aromatic carbocycles. The van der Waals surface area contributed by atoms with Crippen molar-refractivity contribution >= 4 is 28.2 Å². The molecular weight excluding hydrogens is 376 g/mol. The zero-order valence-corrected chi connectivity index (χ0v) is 17.1. The average molecular weight is 403 g/mol. The highest BCUT2D eigenvalue weighted by Crippen LogP contribution is 2.39. The molecule has 0 radical (unpaired) electrons. The number of nitrogens with two attached hydrogens (primary N) is 1. The molecule has 1 aliphatic rings. The molecule has 1 heterocycles. The molecule has 150 valence electrons. The van der Waals surface area contributed by atoms with Gasteiger partial charge >= 0.3 is 0 Å². The zero-order valence-electron chi connectivity index (χ0n) is 16.2. The maximum absolute atomic E-state index is 12.4. The Morgan fingerprint density at radius 2 is 2.04 bits per heavy atom. The van der Waals surface area contributed by atoms with Crippen LogP contribution in [-0.2, 0) is 17.6 Å². The number of methoxy groups -OCH3 is 1. The Hall–Kier alpha value is -2.54. The molecule has 0 aliphatic heterocycles. The van der Waals surface area contributed by atoms with Gasteiger partial charge in [0.2, 0.25) is 5.91 Å².